The van der Waals surface area contributed by atoms with E-state index in [0.717, 1.165) is 32.1 Å². The summed E-state index contributed by atoms with van der Waals surface area (Å²) in [5.41, 5.74) is 1.37. The van der Waals surface area contributed by atoms with Gasteiger partial charge in [0.1, 0.15) is 0 Å². The van der Waals surface area contributed by atoms with Crippen molar-refractivity contribution in [2.75, 3.05) is 32.8 Å². The van der Waals surface area contributed by atoms with Crippen LogP contribution in [0.25, 0.3) is 0 Å². The molecule has 0 bridgehead atoms. The fourth-order valence-electron chi connectivity index (χ4n) is 2.98. The molecule has 6 heteroatoms. The number of halogens is 1. The van der Waals surface area contributed by atoms with Gasteiger partial charge in [-0.25, -0.2) is 0 Å². The summed E-state index contributed by atoms with van der Waals surface area (Å²) in [5.74, 6) is 1.06. The molecule has 1 aromatic carbocycles. The Morgan fingerprint density at radius 1 is 1.36 bits per heavy atom. The minimum atomic E-state index is 0. The lowest BCUT2D eigenvalue weighted by atomic mass is 10.0. The average molecular weight is 460 g/mol. The molecule has 3 N–H and O–H groups in total. The highest BCUT2D eigenvalue weighted by Gasteiger charge is 2.20. The minimum absolute atomic E-state index is 0. The molecule has 0 saturated carbocycles. The van der Waals surface area contributed by atoms with Crippen molar-refractivity contribution in [3.8, 4) is 0 Å². The average Bonchev–Trinajstić information content (AvgIpc) is 2.61. The van der Waals surface area contributed by atoms with Crippen LogP contribution in [0.5, 0.6) is 0 Å². The van der Waals surface area contributed by atoms with Gasteiger partial charge in [0.2, 0.25) is 0 Å². The number of benzene rings is 1. The second-order valence-electron chi connectivity index (χ2n) is 6.71. The number of guanidine groups is 1. The van der Waals surface area contributed by atoms with Crippen molar-refractivity contribution in [1.82, 2.24) is 15.5 Å². The summed E-state index contributed by atoms with van der Waals surface area (Å²) in [4.78, 5) is 7.11. The van der Waals surface area contributed by atoms with Crippen LogP contribution in [0.4, 0.5) is 0 Å². The van der Waals surface area contributed by atoms with Gasteiger partial charge in [0.15, 0.2) is 5.96 Å². The van der Waals surface area contributed by atoms with Crippen LogP contribution >= 0.6 is 24.0 Å². The first kappa shape index (κ1) is 22.2. The number of hydrogen-bond acceptors (Lipinski definition) is 3. The Bertz CT molecular complexity index is 497. The van der Waals surface area contributed by atoms with Crippen molar-refractivity contribution >= 4 is 29.9 Å². The van der Waals surface area contributed by atoms with Crippen LogP contribution in [0.1, 0.15) is 32.3 Å². The summed E-state index contributed by atoms with van der Waals surface area (Å²) < 4.78 is 0. The van der Waals surface area contributed by atoms with Crippen LogP contribution < -0.4 is 10.6 Å². The maximum absolute atomic E-state index is 9.16. The van der Waals surface area contributed by atoms with Crippen LogP contribution in [-0.2, 0) is 6.54 Å². The molecule has 5 nitrogen and oxygen atoms in total. The summed E-state index contributed by atoms with van der Waals surface area (Å²) in [7, 11) is 0. The third-order valence-corrected chi connectivity index (χ3v) is 4.31. The lowest BCUT2D eigenvalue weighted by molar-refractivity contribution is 0.192. The maximum Gasteiger partial charge on any atom is 0.191 e. The predicted octanol–water partition coefficient (Wildman–Crippen LogP) is 2.45. The first-order chi connectivity index (χ1) is 11.7. The summed E-state index contributed by atoms with van der Waals surface area (Å²) in [6.45, 7) is 8.96. The zero-order valence-electron chi connectivity index (χ0n) is 15.4. The molecule has 1 saturated heterocycles. The van der Waals surface area contributed by atoms with Gasteiger partial charge in [-0.2, -0.15) is 0 Å². The van der Waals surface area contributed by atoms with Gasteiger partial charge in [-0.15, -0.1) is 24.0 Å². The fourth-order valence-corrected chi connectivity index (χ4v) is 2.98. The van der Waals surface area contributed by atoms with Crippen LogP contribution in [-0.4, -0.2) is 54.8 Å². The number of likely N-dealkylation sites (tertiary alicyclic amines) is 1. The van der Waals surface area contributed by atoms with Gasteiger partial charge >= 0.3 is 0 Å². The standard InChI is InChI=1S/C19H32N4O.HI/c1-3-20-19(21-12-16(2)15-24)22-18-10-7-11-23(14-18)13-17-8-5-4-6-9-17;/h4-6,8-9,16,18,24H,3,7,10-15H2,1-2H3,(H2,20,21,22);1H. The maximum atomic E-state index is 9.16. The monoisotopic (exact) mass is 460 g/mol. The molecule has 0 aromatic heterocycles. The first-order valence-electron chi connectivity index (χ1n) is 9.13. The van der Waals surface area contributed by atoms with Crippen molar-refractivity contribution in [3.05, 3.63) is 35.9 Å². The lowest BCUT2D eigenvalue weighted by Crippen LogP contribution is -2.51. The summed E-state index contributed by atoms with van der Waals surface area (Å²) >= 11 is 0. The van der Waals surface area contributed by atoms with Crippen molar-refractivity contribution < 1.29 is 5.11 Å². The number of piperidine rings is 1. The predicted molar refractivity (Wildman–Crippen MR) is 116 cm³/mol. The molecule has 1 fully saturated rings. The number of aliphatic imine (C=N–C) groups is 1. The second kappa shape index (κ2) is 12.5. The number of rotatable bonds is 7. The van der Waals surface area contributed by atoms with Gasteiger partial charge in [-0.05, 0) is 37.8 Å². The van der Waals surface area contributed by atoms with Gasteiger partial charge in [-0.1, -0.05) is 37.3 Å². The Labute approximate surface area is 169 Å². The largest absolute Gasteiger partial charge is 0.396 e. The Morgan fingerprint density at radius 2 is 2.12 bits per heavy atom. The third kappa shape index (κ3) is 8.37. The highest BCUT2D eigenvalue weighted by Crippen LogP contribution is 2.13. The van der Waals surface area contributed by atoms with Gasteiger partial charge in [0.05, 0.1) is 0 Å². The Morgan fingerprint density at radius 3 is 2.80 bits per heavy atom. The molecule has 0 aliphatic carbocycles. The van der Waals surface area contributed by atoms with Crippen LogP contribution in [0.15, 0.2) is 35.3 Å². The summed E-state index contributed by atoms with van der Waals surface area (Å²) in [5, 5.41) is 16.0. The molecule has 2 unspecified atom stereocenters. The normalized spacial score (nSPS) is 19.8. The van der Waals surface area contributed by atoms with E-state index in [0.29, 0.717) is 12.6 Å². The smallest absolute Gasteiger partial charge is 0.191 e. The molecule has 2 atom stereocenters. The third-order valence-electron chi connectivity index (χ3n) is 4.31. The molecule has 25 heavy (non-hydrogen) atoms. The molecule has 1 aliphatic rings. The Kier molecular flexibility index (Phi) is 11.1. The van der Waals surface area contributed by atoms with E-state index in [1.165, 1.54) is 18.4 Å². The van der Waals surface area contributed by atoms with Gasteiger partial charge in [0, 0.05) is 38.8 Å². The highest BCUT2D eigenvalue weighted by atomic mass is 127. The molecule has 1 aliphatic heterocycles. The highest BCUT2D eigenvalue weighted by molar-refractivity contribution is 14.0. The van der Waals surface area contributed by atoms with E-state index in [1.807, 2.05) is 6.92 Å². The van der Waals surface area contributed by atoms with Crippen LogP contribution in [0, 0.1) is 5.92 Å². The molecular weight excluding hydrogens is 427 g/mol. The van der Waals surface area contributed by atoms with E-state index in [-0.39, 0.29) is 36.5 Å². The van der Waals surface area contributed by atoms with Crippen molar-refractivity contribution in [2.45, 2.75) is 39.3 Å². The van der Waals surface area contributed by atoms with Gasteiger partial charge in [0.25, 0.3) is 0 Å². The zero-order chi connectivity index (χ0) is 17.2. The van der Waals surface area contributed by atoms with E-state index in [4.69, 9.17) is 5.11 Å². The van der Waals surface area contributed by atoms with E-state index in [2.05, 4.69) is 57.8 Å². The molecule has 142 valence electrons. The van der Waals surface area contributed by atoms with E-state index in [9.17, 15) is 0 Å². The number of aliphatic hydroxyl groups is 1. The fraction of sp³-hybridized carbons (Fsp3) is 0.632. The van der Waals surface area contributed by atoms with Crippen molar-refractivity contribution in [2.24, 2.45) is 10.9 Å². The summed E-state index contributed by atoms with van der Waals surface area (Å²) in [6.07, 6.45) is 2.38. The second-order valence-corrected chi connectivity index (χ2v) is 6.71. The Hall–Kier alpha value is -0.860. The van der Waals surface area contributed by atoms with E-state index < -0.39 is 0 Å². The quantitative estimate of drug-likeness (QED) is 0.333. The number of aliphatic hydroxyl groups excluding tert-OH is 1. The SMILES string of the molecule is CCNC(=NCC(C)CO)NC1CCCN(Cc2ccccc2)C1.I. The van der Waals surface area contributed by atoms with Crippen LogP contribution in [0.2, 0.25) is 0 Å². The number of hydrogen-bond donors (Lipinski definition) is 3. The molecule has 1 aromatic rings. The molecule has 1 heterocycles. The Balaban J connectivity index is 0.00000312. The van der Waals surface area contributed by atoms with Crippen molar-refractivity contribution in [1.29, 1.82) is 0 Å². The number of nitrogens with one attached hydrogen (secondary N) is 2. The zero-order valence-corrected chi connectivity index (χ0v) is 17.8. The van der Waals surface area contributed by atoms with Gasteiger partial charge in [-0.3, -0.25) is 9.89 Å². The van der Waals surface area contributed by atoms with Crippen LogP contribution in [0.3, 0.4) is 0 Å². The molecule has 0 radical (unpaired) electrons. The lowest BCUT2D eigenvalue weighted by Gasteiger charge is -2.34. The minimum Gasteiger partial charge on any atom is -0.396 e. The summed E-state index contributed by atoms with van der Waals surface area (Å²) in [6, 6.07) is 11.1. The number of nitrogens with zero attached hydrogens (tertiary/aromatic N) is 2. The molecule has 0 spiro atoms. The van der Waals surface area contributed by atoms with E-state index in [1.54, 1.807) is 0 Å². The topological polar surface area (TPSA) is 59.9 Å². The molecule has 0 amide bonds. The molecular formula is C19H33IN4O. The van der Waals surface area contributed by atoms with Gasteiger partial charge < -0.3 is 15.7 Å². The molecule has 2 rings (SSSR count). The first-order valence-corrected chi connectivity index (χ1v) is 9.13. The van der Waals surface area contributed by atoms with Crippen molar-refractivity contribution in [3.63, 3.8) is 0 Å². The van der Waals surface area contributed by atoms with E-state index >= 15 is 0 Å².